The summed E-state index contributed by atoms with van der Waals surface area (Å²) >= 11 is 6.42. The maximum atomic E-state index is 6.42. The lowest BCUT2D eigenvalue weighted by Crippen LogP contribution is -2.44. The Labute approximate surface area is 222 Å². The fourth-order valence-electron chi connectivity index (χ4n) is 5.26. The lowest BCUT2D eigenvalue weighted by Gasteiger charge is -2.32. The summed E-state index contributed by atoms with van der Waals surface area (Å²) in [6.07, 6.45) is 2.98. The van der Waals surface area contributed by atoms with Crippen LogP contribution in [0.15, 0.2) is 42.6 Å². The molecule has 0 bridgehead atoms. The smallest absolute Gasteiger partial charge is 0.142 e. The summed E-state index contributed by atoms with van der Waals surface area (Å²) in [6.45, 7) is 9.86. The lowest BCUT2D eigenvalue weighted by atomic mass is 10.1. The van der Waals surface area contributed by atoms with E-state index in [0.717, 1.165) is 111 Å². The standard InChI is InChI=1S/C28H34ClN7O/c1-34-9-11-35(12-10-34)8-2-7-30-27-22-17-20(29)3-5-24(22)31-19-23(27)28-32-25-6-4-21(18-26(25)33-28)36-13-15-37-16-14-36/h3-6,17-19H,2,7-16H2,1H3,(H,30,31)(H,32,33). The van der Waals surface area contributed by atoms with Gasteiger partial charge < -0.3 is 29.7 Å². The van der Waals surface area contributed by atoms with E-state index >= 15 is 0 Å². The fraction of sp³-hybridized carbons (Fsp3) is 0.429. The van der Waals surface area contributed by atoms with Gasteiger partial charge in [-0.25, -0.2) is 4.98 Å². The molecule has 194 valence electrons. The molecule has 2 aliphatic rings. The van der Waals surface area contributed by atoms with Crippen LogP contribution in [0.1, 0.15) is 6.42 Å². The number of pyridine rings is 1. The molecule has 8 nitrogen and oxygen atoms in total. The molecule has 4 heterocycles. The van der Waals surface area contributed by atoms with Crippen molar-refractivity contribution in [2.45, 2.75) is 6.42 Å². The van der Waals surface area contributed by atoms with E-state index in [9.17, 15) is 0 Å². The van der Waals surface area contributed by atoms with Crippen LogP contribution < -0.4 is 10.2 Å². The third kappa shape index (κ3) is 5.38. The van der Waals surface area contributed by atoms with Gasteiger partial charge in [-0.2, -0.15) is 0 Å². The molecular weight excluding hydrogens is 486 g/mol. The first kappa shape index (κ1) is 24.4. The van der Waals surface area contributed by atoms with Crippen molar-refractivity contribution in [3.05, 3.63) is 47.6 Å². The van der Waals surface area contributed by atoms with E-state index in [1.807, 2.05) is 24.4 Å². The van der Waals surface area contributed by atoms with E-state index in [0.29, 0.717) is 5.02 Å². The molecule has 0 spiro atoms. The monoisotopic (exact) mass is 519 g/mol. The van der Waals surface area contributed by atoms with Gasteiger partial charge in [-0.05, 0) is 56.4 Å². The second kappa shape index (κ2) is 10.8. The lowest BCUT2D eigenvalue weighted by molar-refractivity contribution is 0.122. The van der Waals surface area contributed by atoms with Gasteiger partial charge >= 0.3 is 0 Å². The van der Waals surface area contributed by atoms with E-state index in [1.54, 1.807) is 0 Å². The van der Waals surface area contributed by atoms with Crippen LogP contribution in [0.5, 0.6) is 0 Å². The van der Waals surface area contributed by atoms with Crippen molar-refractivity contribution in [1.82, 2.24) is 24.8 Å². The highest BCUT2D eigenvalue weighted by Crippen LogP contribution is 2.35. The Hall–Kier alpha value is -2.91. The predicted octanol–water partition coefficient (Wildman–Crippen LogP) is 4.32. The molecular formula is C28H34ClN7O. The Morgan fingerprint density at radius 2 is 1.84 bits per heavy atom. The number of ether oxygens (including phenoxy) is 1. The first-order valence-electron chi connectivity index (χ1n) is 13.2. The first-order chi connectivity index (χ1) is 18.1. The fourth-order valence-corrected chi connectivity index (χ4v) is 5.43. The Morgan fingerprint density at radius 1 is 1.00 bits per heavy atom. The van der Waals surface area contributed by atoms with Gasteiger partial charge in [-0.15, -0.1) is 0 Å². The molecule has 0 saturated carbocycles. The van der Waals surface area contributed by atoms with E-state index < -0.39 is 0 Å². The van der Waals surface area contributed by atoms with Crippen molar-refractivity contribution < 1.29 is 4.74 Å². The molecule has 0 unspecified atom stereocenters. The number of piperazine rings is 1. The van der Waals surface area contributed by atoms with Gasteiger partial charge in [0, 0.05) is 68.1 Å². The first-order valence-corrected chi connectivity index (χ1v) is 13.6. The van der Waals surface area contributed by atoms with E-state index in [4.69, 9.17) is 26.3 Å². The second-order valence-electron chi connectivity index (χ2n) is 10.0. The molecule has 2 fully saturated rings. The number of benzene rings is 2. The molecule has 2 aromatic carbocycles. The van der Waals surface area contributed by atoms with Gasteiger partial charge in [-0.1, -0.05) is 11.6 Å². The normalized spacial score (nSPS) is 17.6. The number of hydrogen-bond donors (Lipinski definition) is 2. The number of H-pyrrole nitrogens is 1. The molecule has 0 aliphatic carbocycles. The summed E-state index contributed by atoms with van der Waals surface area (Å²) < 4.78 is 5.51. The minimum absolute atomic E-state index is 0.701. The van der Waals surface area contributed by atoms with Crippen LogP contribution in [-0.4, -0.2) is 97.4 Å². The number of rotatable bonds is 7. The molecule has 2 saturated heterocycles. The SMILES string of the molecule is CN1CCN(CCCNc2c(-c3nc4cc(N5CCOCC5)ccc4[nH]3)cnc3ccc(Cl)cc23)CC1. The maximum absolute atomic E-state index is 6.42. The average molecular weight is 520 g/mol. The van der Waals surface area contributed by atoms with Crippen LogP contribution in [0.2, 0.25) is 5.02 Å². The zero-order chi connectivity index (χ0) is 25.2. The van der Waals surface area contributed by atoms with Crippen LogP contribution in [0.25, 0.3) is 33.3 Å². The van der Waals surface area contributed by atoms with Crippen molar-refractivity contribution in [3.63, 3.8) is 0 Å². The van der Waals surface area contributed by atoms with Crippen LogP contribution in [0, 0.1) is 0 Å². The number of aromatic nitrogens is 3. The number of fused-ring (bicyclic) bond motifs is 2. The summed E-state index contributed by atoms with van der Waals surface area (Å²) in [7, 11) is 2.20. The quantitative estimate of drug-likeness (QED) is 0.352. The van der Waals surface area contributed by atoms with E-state index in [1.165, 1.54) is 5.69 Å². The van der Waals surface area contributed by atoms with Crippen molar-refractivity contribution in [2.75, 3.05) is 82.8 Å². The zero-order valence-corrected chi connectivity index (χ0v) is 22.1. The van der Waals surface area contributed by atoms with Crippen LogP contribution in [-0.2, 0) is 4.74 Å². The van der Waals surface area contributed by atoms with Crippen LogP contribution in [0.3, 0.4) is 0 Å². The number of likely N-dealkylation sites (N-methyl/N-ethyl adjacent to an activating group) is 1. The summed E-state index contributed by atoms with van der Waals surface area (Å²) in [5.74, 6) is 0.810. The zero-order valence-electron chi connectivity index (χ0n) is 21.3. The molecule has 4 aromatic rings. The van der Waals surface area contributed by atoms with Gasteiger partial charge in [0.25, 0.3) is 0 Å². The summed E-state index contributed by atoms with van der Waals surface area (Å²) in [5.41, 5.74) is 6.04. The third-order valence-corrected chi connectivity index (χ3v) is 7.71. The van der Waals surface area contributed by atoms with Crippen molar-refractivity contribution in [3.8, 4) is 11.4 Å². The molecule has 2 N–H and O–H groups in total. The molecule has 9 heteroatoms. The van der Waals surface area contributed by atoms with Crippen molar-refractivity contribution in [2.24, 2.45) is 0 Å². The summed E-state index contributed by atoms with van der Waals surface area (Å²) in [6, 6.07) is 12.3. The predicted molar refractivity (Wildman–Crippen MR) is 152 cm³/mol. The molecule has 2 aliphatic heterocycles. The molecule has 2 aromatic heterocycles. The highest BCUT2D eigenvalue weighted by molar-refractivity contribution is 6.31. The largest absolute Gasteiger partial charge is 0.384 e. The third-order valence-electron chi connectivity index (χ3n) is 7.48. The summed E-state index contributed by atoms with van der Waals surface area (Å²) in [4.78, 5) is 20.6. The Bertz CT molecular complexity index is 1380. The minimum Gasteiger partial charge on any atom is -0.384 e. The number of nitrogens with zero attached hydrogens (tertiary/aromatic N) is 5. The van der Waals surface area contributed by atoms with E-state index in [-0.39, 0.29) is 0 Å². The Balaban J connectivity index is 1.27. The van der Waals surface area contributed by atoms with Crippen LogP contribution in [0.4, 0.5) is 11.4 Å². The van der Waals surface area contributed by atoms with E-state index in [2.05, 4.69) is 50.2 Å². The number of halogens is 1. The number of morpholine rings is 1. The molecule has 0 atom stereocenters. The molecule has 0 radical (unpaired) electrons. The second-order valence-corrected chi connectivity index (χ2v) is 10.5. The minimum atomic E-state index is 0.701. The topological polar surface area (TPSA) is 72.6 Å². The number of aromatic amines is 1. The van der Waals surface area contributed by atoms with Crippen molar-refractivity contribution in [1.29, 1.82) is 0 Å². The van der Waals surface area contributed by atoms with Crippen molar-refractivity contribution >= 4 is 44.9 Å². The number of hydrogen-bond acceptors (Lipinski definition) is 7. The highest BCUT2D eigenvalue weighted by Gasteiger charge is 2.17. The van der Waals surface area contributed by atoms with Gasteiger partial charge in [0.05, 0.1) is 41.0 Å². The highest BCUT2D eigenvalue weighted by atomic mass is 35.5. The van der Waals surface area contributed by atoms with Gasteiger partial charge in [0.2, 0.25) is 0 Å². The van der Waals surface area contributed by atoms with Crippen LogP contribution >= 0.6 is 11.6 Å². The molecule has 6 rings (SSSR count). The average Bonchev–Trinajstić information content (AvgIpc) is 3.36. The number of anilines is 2. The number of imidazole rings is 1. The molecule has 37 heavy (non-hydrogen) atoms. The van der Waals surface area contributed by atoms with Gasteiger partial charge in [0.15, 0.2) is 0 Å². The Morgan fingerprint density at radius 3 is 2.68 bits per heavy atom. The van der Waals surface area contributed by atoms with Gasteiger partial charge in [-0.3, -0.25) is 4.98 Å². The maximum Gasteiger partial charge on any atom is 0.142 e. The van der Waals surface area contributed by atoms with Gasteiger partial charge in [0.1, 0.15) is 5.82 Å². The number of nitrogens with one attached hydrogen (secondary N) is 2. The molecule has 0 amide bonds. The Kier molecular flexibility index (Phi) is 7.15. The summed E-state index contributed by atoms with van der Waals surface area (Å²) in [5, 5.41) is 5.43.